The lowest BCUT2D eigenvalue weighted by atomic mass is 10.2. The molecule has 2 aromatic carbocycles. The van der Waals surface area contributed by atoms with Crippen molar-refractivity contribution in [2.24, 2.45) is 0 Å². The van der Waals surface area contributed by atoms with Crippen LogP contribution >= 0.6 is 0 Å². The molecule has 78 valence electrons. The molecule has 0 spiro atoms. The SMILES string of the molecule is C(Cc1ccccc1)#[N+][CH-]c1ccccc1. The zero-order valence-electron chi connectivity index (χ0n) is 9.01. The van der Waals surface area contributed by atoms with Crippen molar-refractivity contribution in [3.05, 3.63) is 83.2 Å². The van der Waals surface area contributed by atoms with E-state index in [0.717, 1.165) is 12.0 Å². The van der Waals surface area contributed by atoms with Gasteiger partial charge in [0.15, 0.2) is 6.07 Å². The highest BCUT2D eigenvalue weighted by molar-refractivity contribution is 5.27. The number of rotatable bonds is 2. The zero-order chi connectivity index (χ0) is 11.1. The highest BCUT2D eigenvalue weighted by Gasteiger charge is 1.90. The van der Waals surface area contributed by atoms with Gasteiger partial charge in [-0.25, -0.2) is 0 Å². The normalized spacial score (nSPS) is 9.00. The minimum atomic E-state index is 0.754. The Morgan fingerprint density at radius 1 is 0.875 bits per heavy atom. The van der Waals surface area contributed by atoms with Gasteiger partial charge in [0.25, 0.3) is 0 Å². The number of nitrogens with zero attached hydrogens (tertiary/aromatic N) is 1. The molecular formula is C15H13N. The molecule has 1 nitrogen and oxygen atoms in total. The van der Waals surface area contributed by atoms with Gasteiger partial charge < -0.3 is 0 Å². The molecule has 0 saturated heterocycles. The molecule has 0 amide bonds. The molecule has 0 aliphatic rings. The van der Waals surface area contributed by atoms with Crippen LogP contribution in [-0.4, -0.2) is 0 Å². The largest absolute Gasteiger partial charge is 0.221 e. The van der Waals surface area contributed by atoms with E-state index in [1.165, 1.54) is 5.56 Å². The maximum absolute atomic E-state index is 4.16. The Kier molecular flexibility index (Phi) is 3.63. The monoisotopic (exact) mass is 207 g/mol. The van der Waals surface area contributed by atoms with Crippen molar-refractivity contribution in [1.82, 2.24) is 0 Å². The third-order valence-electron chi connectivity index (χ3n) is 2.23. The molecule has 0 aliphatic carbocycles. The molecule has 0 saturated carbocycles. The van der Waals surface area contributed by atoms with Gasteiger partial charge in [-0.2, -0.15) is 0 Å². The molecule has 16 heavy (non-hydrogen) atoms. The van der Waals surface area contributed by atoms with Crippen LogP contribution in [0.5, 0.6) is 0 Å². The van der Waals surface area contributed by atoms with Crippen LogP contribution in [0.15, 0.2) is 60.7 Å². The van der Waals surface area contributed by atoms with E-state index in [4.69, 9.17) is 0 Å². The van der Waals surface area contributed by atoms with Crippen molar-refractivity contribution >= 4 is 0 Å². The summed E-state index contributed by atoms with van der Waals surface area (Å²) in [5.74, 6) is 0. The Labute approximate surface area is 96.2 Å². The van der Waals surface area contributed by atoms with Crippen LogP contribution in [0.25, 0.3) is 4.85 Å². The summed E-state index contributed by atoms with van der Waals surface area (Å²) in [4.78, 5) is 4.16. The molecule has 2 aromatic rings. The van der Waals surface area contributed by atoms with Crippen molar-refractivity contribution in [3.8, 4) is 6.07 Å². The van der Waals surface area contributed by atoms with Crippen LogP contribution in [0.4, 0.5) is 0 Å². The van der Waals surface area contributed by atoms with E-state index in [-0.39, 0.29) is 0 Å². The van der Waals surface area contributed by atoms with Crippen molar-refractivity contribution < 1.29 is 0 Å². The lowest BCUT2D eigenvalue weighted by Crippen LogP contribution is -1.78. The van der Waals surface area contributed by atoms with E-state index in [1.54, 1.807) is 0 Å². The van der Waals surface area contributed by atoms with Gasteiger partial charge in [0.05, 0.1) is 6.42 Å². The topological polar surface area (TPSA) is 4.36 Å². The van der Waals surface area contributed by atoms with Gasteiger partial charge in [0, 0.05) is 0 Å². The molecule has 1 heteroatoms. The summed E-state index contributed by atoms with van der Waals surface area (Å²) in [7, 11) is 0. The Morgan fingerprint density at radius 2 is 1.50 bits per heavy atom. The first-order valence-corrected chi connectivity index (χ1v) is 5.30. The lowest BCUT2D eigenvalue weighted by Gasteiger charge is -1.92. The highest BCUT2D eigenvalue weighted by atomic mass is 14.6. The quantitative estimate of drug-likeness (QED) is 0.660. The summed E-state index contributed by atoms with van der Waals surface area (Å²) in [6, 6.07) is 23.3. The number of hydrogen-bond donors (Lipinski definition) is 0. The maximum Gasteiger partial charge on any atom is 0.221 e. The van der Waals surface area contributed by atoms with Gasteiger partial charge in [-0.15, -0.1) is 29.1 Å². The molecule has 0 N–H and O–H groups in total. The summed E-state index contributed by atoms with van der Waals surface area (Å²) in [5.41, 5.74) is 2.33. The predicted octanol–water partition coefficient (Wildman–Crippen LogP) is 3.77. The van der Waals surface area contributed by atoms with Gasteiger partial charge in [0.1, 0.15) is 0 Å². The maximum atomic E-state index is 4.16. The molecule has 0 fully saturated rings. The van der Waals surface area contributed by atoms with Crippen molar-refractivity contribution in [3.63, 3.8) is 0 Å². The van der Waals surface area contributed by atoms with Gasteiger partial charge in [-0.3, -0.25) is 0 Å². The Hall–Kier alpha value is -2.20. The second-order valence-electron chi connectivity index (χ2n) is 3.49. The van der Waals surface area contributed by atoms with E-state index < -0.39 is 0 Å². The smallest absolute Gasteiger partial charge is 0.145 e. The van der Waals surface area contributed by atoms with Gasteiger partial charge in [-0.1, -0.05) is 42.0 Å². The third-order valence-corrected chi connectivity index (χ3v) is 2.23. The first-order valence-electron chi connectivity index (χ1n) is 5.30. The summed E-state index contributed by atoms with van der Waals surface area (Å²) in [6.07, 6.45) is 0.754. The van der Waals surface area contributed by atoms with E-state index in [1.807, 2.05) is 55.1 Å². The van der Waals surface area contributed by atoms with E-state index >= 15 is 0 Å². The molecule has 0 atom stereocenters. The first-order chi connectivity index (χ1) is 7.95. The van der Waals surface area contributed by atoms with Crippen molar-refractivity contribution in [2.75, 3.05) is 0 Å². The zero-order valence-corrected chi connectivity index (χ0v) is 9.01. The molecule has 0 unspecified atom stereocenters. The summed E-state index contributed by atoms with van der Waals surface area (Å²) >= 11 is 0. The molecule has 2 rings (SSSR count). The summed E-state index contributed by atoms with van der Waals surface area (Å²) in [5, 5.41) is 0. The molecule has 0 aliphatic heterocycles. The fraction of sp³-hybridized carbons (Fsp3) is 0.0667. The first kappa shape index (κ1) is 10.3. The average Bonchev–Trinajstić information content (AvgIpc) is 2.37. The Bertz CT molecular complexity index is 432. The van der Waals surface area contributed by atoms with Gasteiger partial charge in [-0.05, 0) is 5.56 Å². The Balaban J connectivity index is 1.88. The molecule has 0 aromatic heterocycles. The minimum Gasteiger partial charge on any atom is -0.145 e. The van der Waals surface area contributed by atoms with Crippen LogP contribution in [0.3, 0.4) is 0 Å². The van der Waals surface area contributed by atoms with Crippen molar-refractivity contribution in [2.45, 2.75) is 6.42 Å². The summed E-state index contributed by atoms with van der Waals surface area (Å²) in [6.45, 7) is 1.82. The molecule has 0 heterocycles. The van der Waals surface area contributed by atoms with E-state index in [9.17, 15) is 0 Å². The average molecular weight is 207 g/mol. The second kappa shape index (κ2) is 5.63. The van der Waals surface area contributed by atoms with E-state index in [0.29, 0.717) is 0 Å². The molecular weight excluding hydrogens is 194 g/mol. The van der Waals surface area contributed by atoms with Gasteiger partial charge in [0.2, 0.25) is 6.54 Å². The third kappa shape index (κ3) is 3.18. The van der Waals surface area contributed by atoms with Crippen LogP contribution in [0.2, 0.25) is 0 Å². The van der Waals surface area contributed by atoms with Crippen LogP contribution < -0.4 is 0 Å². The van der Waals surface area contributed by atoms with Crippen molar-refractivity contribution in [1.29, 1.82) is 0 Å². The second-order valence-corrected chi connectivity index (χ2v) is 3.49. The summed E-state index contributed by atoms with van der Waals surface area (Å²) < 4.78 is 0. The predicted molar refractivity (Wildman–Crippen MR) is 67.2 cm³/mol. The van der Waals surface area contributed by atoms with Crippen LogP contribution in [0.1, 0.15) is 11.1 Å². The fourth-order valence-electron chi connectivity index (χ4n) is 1.39. The lowest BCUT2D eigenvalue weighted by molar-refractivity contribution is 1.31. The van der Waals surface area contributed by atoms with E-state index in [2.05, 4.69) is 23.0 Å². The molecule has 0 radical (unpaired) electrons. The standard InChI is InChI=1S/C15H13N/c1-3-7-14(8-4-1)11-12-16-13-15-9-5-2-6-10-15/h1-10,13H,11H2. The highest BCUT2D eigenvalue weighted by Crippen LogP contribution is 2.03. The van der Waals surface area contributed by atoms with Crippen LogP contribution in [-0.2, 0) is 6.42 Å². The number of benzene rings is 2. The fourth-order valence-corrected chi connectivity index (χ4v) is 1.39. The van der Waals surface area contributed by atoms with Gasteiger partial charge >= 0.3 is 0 Å². The molecule has 0 bridgehead atoms. The Morgan fingerprint density at radius 3 is 2.19 bits per heavy atom. The minimum absolute atomic E-state index is 0.754. The number of hydrogen-bond acceptors (Lipinski definition) is 0. The van der Waals surface area contributed by atoms with Crippen LogP contribution in [0, 0.1) is 12.6 Å².